The highest BCUT2D eigenvalue weighted by Crippen LogP contribution is 2.17. The highest BCUT2D eigenvalue weighted by atomic mass is 16.3. The lowest BCUT2D eigenvalue weighted by Crippen LogP contribution is -2.26. The van der Waals surface area contributed by atoms with Crippen LogP contribution in [0.5, 0.6) is 0 Å². The van der Waals surface area contributed by atoms with E-state index in [-0.39, 0.29) is 12.0 Å². The molecule has 1 atom stereocenters. The lowest BCUT2D eigenvalue weighted by molar-refractivity contribution is -0.116. The summed E-state index contributed by atoms with van der Waals surface area (Å²) in [6.07, 6.45) is 0.978. The van der Waals surface area contributed by atoms with Crippen LogP contribution in [-0.4, -0.2) is 41.7 Å². The third-order valence-electron chi connectivity index (χ3n) is 3.14. The van der Waals surface area contributed by atoms with Crippen LogP contribution in [0.15, 0.2) is 24.3 Å². The van der Waals surface area contributed by atoms with Crippen LogP contribution in [0.4, 0.5) is 11.4 Å². The van der Waals surface area contributed by atoms with Gasteiger partial charge in [-0.1, -0.05) is 12.1 Å². The summed E-state index contributed by atoms with van der Waals surface area (Å²) in [5.74, 6) is -0.0470. The third kappa shape index (κ3) is 3.45. The molecule has 1 aliphatic heterocycles. The Bertz CT molecular complexity index is 422. The fraction of sp³-hybridized carbons (Fsp3) is 0.462. The van der Waals surface area contributed by atoms with Crippen molar-refractivity contribution in [1.29, 1.82) is 0 Å². The molecular formula is C13H19N3O2. The molecule has 0 aliphatic carbocycles. The maximum absolute atomic E-state index is 11.7. The van der Waals surface area contributed by atoms with Gasteiger partial charge in [-0.25, -0.2) is 0 Å². The maximum Gasteiger partial charge on any atom is 0.225 e. The number of anilines is 2. The van der Waals surface area contributed by atoms with Crippen LogP contribution in [0.1, 0.15) is 12.8 Å². The SMILES string of the molecule is Nc1ccccc1NC(=O)CCN1CCC(O)C1. The quantitative estimate of drug-likeness (QED) is 0.685. The zero-order valence-corrected chi connectivity index (χ0v) is 10.3. The van der Waals surface area contributed by atoms with Crippen molar-refractivity contribution in [3.05, 3.63) is 24.3 Å². The van der Waals surface area contributed by atoms with E-state index in [9.17, 15) is 9.90 Å². The van der Waals surface area contributed by atoms with Crippen LogP contribution in [0.25, 0.3) is 0 Å². The highest BCUT2D eigenvalue weighted by Gasteiger charge is 2.20. The van der Waals surface area contributed by atoms with E-state index in [2.05, 4.69) is 10.2 Å². The molecule has 1 heterocycles. The second kappa shape index (κ2) is 5.84. The number of rotatable bonds is 4. The van der Waals surface area contributed by atoms with Gasteiger partial charge in [-0.05, 0) is 18.6 Å². The number of benzene rings is 1. The average molecular weight is 249 g/mol. The Morgan fingerprint density at radius 3 is 2.94 bits per heavy atom. The molecule has 5 heteroatoms. The Morgan fingerprint density at radius 2 is 2.28 bits per heavy atom. The molecule has 1 amide bonds. The van der Waals surface area contributed by atoms with E-state index in [4.69, 9.17) is 5.73 Å². The predicted octanol–water partition coefficient (Wildman–Crippen LogP) is 0.664. The van der Waals surface area contributed by atoms with Gasteiger partial charge < -0.3 is 21.1 Å². The number of hydrogen-bond acceptors (Lipinski definition) is 4. The molecule has 18 heavy (non-hydrogen) atoms. The van der Waals surface area contributed by atoms with Crippen molar-refractivity contribution in [1.82, 2.24) is 4.90 Å². The summed E-state index contributed by atoms with van der Waals surface area (Å²) in [5.41, 5.74) is 6.98. The molecule has 1 fully saturated rings. The van der Waals surface area contributed by atoms with Gasteiger partial charge in [-0.2, -0.15) is 0 Å². The summed E-state index contributed by atoms with van der Waals surface area (Å²) < 4.78 is 0. The van der Waals surface area contributed by atoms with Gasteiger partial charge in [0.2, 0.25) is 5.91 Å². The fourth-order valence-electron chi connectivity index (χ4n) is 2.10. The molecule has 0 aromatic heterocycles. The van der Waals surface area contributed by atoms with Gasteiger partial charge in [0, 0.05) is 26.1 Å². The number of aliphatic hydroxyl groups is 1. The van der Waals surface area contributed by atoms with Crippen molar-refractivity contribution in [2.24, 2.45) is 0 Å². The minimum Gasteiger partial charge on any atom is -0.397 e. The van der Waals surface area contributed by atoms with Gasteiger partial charge in [-0.3, -0.25) is 4.79 Å². The summed E-state index contributed by atoms with van der Waals surface area (Å²) in [7, 11) is 0. The van der Waals surface area contributed by atoms with Gasteiger partial charge in [0.1, 0.15) is 0 Å². The number of β-amino-alcohol motifs (C(OH)–C–C–N with tert-alkyl or cyclic N) is 1. The van der Waals surface area contributed by atoms with Crippen LogP contribution >= 0.6 is 0 Å². The number of para-hydroxylation sites is 2. The molecule has 0 spiro atoms. The first-order valence-corrected chi connectivity index (χ1v) is 6.20. The van der Waals surface area contributed by atoms with Crippen LogP contribution in [0, 0.1) is 0 Å². The van der Waals surface area contributed by atoms with Gasteiger partial charge in [0.15, 0.2) is 0 Å². The number of carbonyl (C=O) groups is 1. The normalized spacial score (nSPS) is 19.9. The Balaban J connectivity index is 1.77. The topological polar surface area (TPSA) is 78.6 Å². The lowest BCUT2D eigenvalue weighted by atomic mass is 10.2. The zero-order chi connectivity index (χ0) is 13.0. The van der Waals surface area contributed by atoms with Crippen molar-refractivity contribution in [3.8, 4) is 0 Å². The molecule has 0 radical (unpaired) electrons. The molecule has 1 saturated heterocycles. The summed E-state index contributed by atoms with van der Waals surface area (Å²) in [5, 5.41) is 12.2. The first kappa shape index (κ1) is 12.9. The Morgan fingerprint density at radius 1 is 1.50 bits per heavy atom. The van der Waals surface area contributed by atoms with Crippen molar-refractivity contribution >= 4 is 17.3 Å². The number of nitrogens with one attached hydrogen (secondary N) is 1. The third-order valence-corrected chi connectivity index (χ3v) is 3.14. The van der Waals surface area contributed by atoms with E-state index >= 15 is 0 Å². The molecular weight excluding hydrogens is 230 g/mol. The van der Waals surface area contributed by atoms with Gasteiger partial charge >= 0.3 is 0 Å². The van der Waals surface area contributed by atoms with E-state index in [0.29, 0.717) is 30.9 Å². The fourth-order valence-corrected chi connectivity index (χ4v) is 2.10. The summed E-state index contributed by atoms with van der Waals surface area (Å²) in [6, 6.07) is 7.21. The molecule has 1 unspecified atom stereocenters. The summed E-state index contributed by atoms with van der Waals surface area (Å²) in [4.78, 5) is 13.8. The first-order chi connectivity index (χ1) is 8.65. The van der Waals surface area contributed by atoms with Crippen molar-refractivity contribution in [2.45, 2.75) is 18.9 Å². The van der Waals surface area contributed by atoms with E-state index in [1.807, 2.05) is 12.1 Å². The monoisotopic (exact) mass is 249 g/mol. The second-order valence-corrected chi connectivity index (χ2v) is 4.63. The molecule has 5 nitrogen and oxygen atoms in total. The molecule has 0 saturated carbocycles. The maximum atomic E-state index is 11.7. The Hall–Kier alpha value is -1.59. The minimum absolute atomic E-state index is 0.0470. The van der Waals surface area contributed by atoms with Crippen molar-refractivity contribution < 1.29 is 9.90 Å². The van der Waals surface area contributed by atoms with Crippen molar-refractivity contribution in [3.63, 3.8) is 0 Å². The molecule has 1 aromatic rings. The average Bonchev–Trinajstić information content (AvgIpc) is 2.76. The number of likely N-dealkylation sites (tertiary alicyclic amines) is 1. The van der Waals surface area contributed by atoms with E-state index in [1.54, 1.807) is 12.1 Å². The number of carbonyl (C=O) groups excluding carboxylic acids is 1. The van der Waals surface area contributed by atoms with Crippen LogP contribution in [-0.2, 0) is 4.79 Å². The number of amides is 1. The highest BCUT2D eigenvalue weighted by molar-refractivity contribution is 5.93. The van der Waals surface area contributed by atoms with Crippen LogP contribution in [0.2, 0.25) is 0 Å². The lowest BCUT2D eigenvalue weighted by Gasteiger charge is -2.14. The Labute approximate surface area is 107 Å². The largest absolute Gasteiger partial charge is 0.397 e. The first-order valence-electron chi connectivity index (χ1n) is 6.20. The minimum atomic E-state index is -0.238. The van der Waals surface area contributed by atoms with E-state index in [1.165, 1.54) is 0 Å². The summed E-state index contributed by atoms with van der Waals surface area (Å²) >= 11 is 0. The van der Waals surface area contributed by atoms with E-state index in [0.717, 1.165) is 13.0 Å². The van der Waals surface area contributed by atoms with Crippen LogP contribution < -0.4 is 11.1 Å². The van der Waals surface area contributed by atoms with Gasteiger partial charge in [-0.15, -0.1) is 0 Å². The molecule has 1 aliphatic rings. The number of nitrogen functional groups attached to an aromatic ring is 1. The molecule has 0 bridgehead atoms. The molecule has 1 aromatic carbocycles. The zero-order valence-electron chi connectivity index (χ0n) is 10.3. The number of aliphatic hydroxyl groups excluding tert-OH is 1. The number of nitrogens with zero attached hydrogens (tertiary/aromatic N) is 1. The van der Waals surface area contributed by atoms with Crippen LogP contribution in [0.3, 0.4) is 0 Å². The van der Waals surface area contributed by atoms with Crippen molar-refractivity contribution in [2.75, 3.05) is 30.7 Å². The summed E-state index contributed by atoms with van der Waals surface area (Å²) in [6.45, 7) is 2.21. The molecule has 2 rings (SSSR count). The molecule has 98 valence electrons. The van der Waals surface area contributed by atoms with E-state index < -0.39 is 0 Å². The Kier molecular flexibility index (Phi) is 4.17. The van der Waals surface area contributed by atoms with Gasteiger partial charge in [0.25, 0.3) is 0 Å². The van der Waals surface area contributed by atoms with Gasteiger partial charge in [0.05, 0.1) is 17.5 Å². The standard InChI is InChI=1S/C13H19N3O2/c14-11-3-1-2-4-12(11)15-13(18)6-8-16-7-5-10(17)9-16/h1-4,10,17H,5-9,14H2,(H,15,18). The smallest absolute Gasteiger partial charge is 0.225 e. The molecule has 4 N–H and O–H groups in total. The second-order valence-electron chi connectivity index (χ2n) is 4.63. The number of hydrogen-bond donors (Lipinski definition) is 3. The number of nitrogens with two attached hydrogens (primary N) is 1. The predicted molar refractivity (Wildman–Crippen MR) is 71.2 cm³/mol.